The van der Waals surface area contributed by atoms with Crippen molar-refractivity contribution in [3.05, 3.63) is 24.5 Å². The van der Waals surface area contributed by atoms with Gasteiger partial charge in [-0.25, -0.2) is 14.3 Å². The van der Waals surface area contributed by atoms with E-state index in [-0.39, 0.29) is 5.75 Å². The molecule has 1 aromatic carbocycles. The Balaban J connectivity index is 2.35. The van der Waals surface area contributed by atoms with Gasteiger partial charge in [0, 0.05) is 6.07 Å². The molecule has 6 nitrogen and oxygen atoms in total. The lowest BCUT2D eigenvalue weighted by Crippen LogP contribution is -2.26. The molecule has 2 aromatic rings. The fourth-order valence-electron chi connectivity index (χ4n) is 1.67. The van der Waals surface area contributed by atoms with Crippen LogP contribution in [-0.2, 0) is 9.53 Å². The summed E-state index contributed by atoms with van der Waals surface area (Å²) in [5.41, 5.74) is 0.504. The number of carbonyl (C=O) groups excluding carboxylic acids is 2. The van der Waals surface area contributed by atoms with E-state index >= 15 is 0 Å². The summed E-state index contributed by atoms with van der Waals surface area (Å²) in [6, 6.07) is 4.83. The van der Waals surface area contributed by atoms with Crippen LogP contribution >= 0.6 is 12.6 Å². The standard InChI is InChI=1S/C14H16N2O4S/c1-14(2,3)20-13(18)16-8-15-10-5-4-9(6-11(10)16)19-12(17)7-21/h4-6,8,21H,7H2,1-3H3. The first-order valence-corrected chi connectivity index (χ1v) is 6.95. The maximum atomic E-state index is 12.1. The van der Waals surface area contributed by atoms with E-state index in [1.54, 1.807) is 39.0 Å². The van der Waals surface area contributed by atoms with Crippen molar-refractivity contribution in [3.63, 3.8) is 0 Å². The van der Waals surface area contributed by atoms with Gasteiger partial charge < -0.3 is 9.47 Å². The highest BCUT2D eigenvalue weighted by atomic mass is 32.1. The zero-order valence-electron chi connectivity index (χ0n) is 12.0. The van der Waals surface area contributed by atoms with Gasteiger partial charge in [-0.05, 0) is 32.9 Å². The van der Waals surface area contributed by atoms with Crippen LogP contribution in [0.3, 0.4) is 0 Å². The molecule has 0 aliphatic carbocycles. The zero-order chi connectivity index (χ0) is 15.6. The number of imidazole rings is 1. The summed E-state index contributed by atoms with van der Waals surface area (Å²) < 4.78 is 11.6. The minimum absolute atomic E-state index is 0.0244. The summed E-state index contributed by atoms with van der Waals surface area (Å²) in [5, 5.41) is 0. The molecule has 21 heavy (non-hydrogen) atoms. The number of rotatable bonds is 2. The van der Waals surface area contributed by atoms with Crippen LogP contribution in [0.1, 0.15) is 20.8 Å². The molecule has 0 aliphatic heterocycles. The summed E-state index contributed by atoms with van der Waals surface area (Å²) in [7, 11) is 0. The van der Waals surface area contributed by atoms with E-state index in [4.69, 9.17) is 9.47 Å². The molecule has 0 atom stereocenters. The topological polar surface area (TPSA) is 70.4 Å². The predicted molar refractivity (Wildman–Crippen MR) is 80.9 cm³/mol. The van der Waals surface area contributed by atoms with E-state index in [9.17, 15) is 9.59 Å². The normalized spacial score (nSPS) is 11.4. The lowest BCUT2D eigenvalue weighted by atomic mass is 10.2. The molecule has 0 fully saturated rings. The van der Waals surface area contributed by atoms with Crippen molar-refractivity contribution in [2.24, 2.45) is 0 Å². The van der Waals surface area contributed by atoms with Gasteiger partial charge in [-0.1, -0.05) is 0 Å². The van der Waals surface area contributed by atoms with Crippen molar-refractivity contribution < 1.29 is 19.1 Å². The fraction of sp³-hybridized carbons (Fsp3) is 0.357. The van der Waals surface area contributed by atoms with E-state index < -0.39 is 17.7 Å². The number of aromatic nitrogens is 2. The Labute approximate surface area is 127 Å². The number of ether oxygens (including phenoxy) is 2. The second-order valence-corrected chi connectivity index (χ2v) is 5.69. The summed E-state index contributed by atoms with van der Waals surface area (Å²) in [6.07, 6.45) is 0.839. The molecule has 112 valence electrons. The number of hydrogen-bond acceptors (Lipinski definition) is 6. The predicted octanol–water partition coefficient (Wildman–Crippen LogP) is 2.65. The quantitative estimate of drug-likeness (QED) is 0.525. The van der Waals surface area contributed by atoms with Crippen LogP contribution in [0, 0.1) is 0 Å². The van der Waals surface area contributed by atoms with Crippen molar-refractivity contribution in [2.45, 2.75) is 26.4 Å². The van der Waals surface area contributed by atoms with E-state index in [0.717, 1.165) is 0 Å². The zero-order valence-corrected chi connectivity index (χ0v) is 12.9. The minimum Gasteiger partial charge on any atom is -0.443 e. The molecule has 0 saturated heterocycles. The third-order valence-electron chi connectivity index (χ3n) is 2.47. The van der Waals surface area contributed by atoms with Crippen LogP contribution in [0.15, 0.2) is 24.5 Å². The summed E-state index contributed by atoms with van der Waals surface area (Å²) in [4.78, 5) is 27.5. The average Bonchev–Trinajstić information content (AvgIpc) is 2.79. The number of thiol groups is 1. The molecule has 0 unspecified atom stereocenters. The van der Waals surface area contributed by atoms with Gasteiger partial charge in [-0.2, -0.15) is 12.6 Å². The van der Waals surface area contributed by atoms with Crippen molar-refractivity contribution in [1.29, 1.82) is 0 Å². The Morgan fingerprint density at radius 2 is 2.05 bits per heavy atom. The number of carbonyl (C=O) groups is 2. The van der Waals surface area contributed by atoms with Gasteiger partial charge in [0.25, 0.3) is 0 Å². The second kappa shape index (κ2) is 5.77. The highest BCUT2D eigenvalue weighted by Crippen LogP contribution is 2.21. The number of hydrogen-bond donors (Lipinski definition) is 1. The average molecular weight is 308 g/mol. The first-order valence-electron chi connectivity index (χ1n) is 6.32. The van der Waals surface area contributed by atoms with E-state index in [2.05, 4.69) is 17.6 Å². The molecule has 0 radical (unpaired) electrons. The lowest BCUT2D eigenvalue weighted by molar-refractivity contribution is -0.131. The van der Waals surface area contributed by atoms with Gasteiger partial charge in [0.1, 0.15) is 17.7 Å². The molecule has 0 amide bonds. The van der Waals surface area contributed by atoms with Crippen molar-refractivity contribution >= 4 is 35.7 Å². The molecule has 0 N–H and O–H groups in total. The van der Waals surface area contributed by atoms with Gasteiger partial charge in [0.2, 0.25) is 0 Å². The van der Waals surface area contributed by atoms with Crippen LogP contribution in [0.25, 0.3) is 11.0 Å². The SMILES string of the molecule is CC(C)(C)OC(=O)n1cnc2ccc(OC(=O)CS)cc21. The van der Waals surface area contributed by atoms with Gasteiger partial charge >= 0.3 is 12.1 Å². The molecule has 2 rings (SSSR count). The van der Waals surface area contributed by atoms with E-state index in [1.165, 1.54) is 10.9 Å². The minimum atomic E-state index is -0.607. The number of nitrogens with zero attached hydrogens (tertiary/aromatic N) is 2. The third kappa shape index (κ3) is 3.75. The molecular formula is C14H16N2O4S. The first kappa shape index (κ1) is 15.4. The summed E-state index contributed by atoms with van der Waals surface area (Å²) in [6.45, 7) is 5.34. The van der Waals surface area contributed by atoms with Crippen molar-refractivity contribution in [3.8, 4) is 5.75 Å². The molecule has 0 saturated carbocycles. The van der Waals surface area contributed by atoms with Gasteiger partial charge in [-0.3, -0.25) is 4.79 Å². The van der Waals surface area contributed by atoms with Crippen LogP contribution in [0.5, 0.6) is 5.75 Å². The molecule has 7 heteroatoms. The molecule has 0 spiro atoms. The van der Waals surface area contributed by atoms with Gasteiger partial charge in [0.05, 0.1) is 16.8 Å². The first-order chi connectivity index (χ1) is 9.80. The summed E-state index contributed by atoms with van der Waals surface area (Å²) >= 11 is 3.84. The Morgan fingerprint density at radius 1 is 1.33 bits per heavy atom. The van der Waals surface area contributed by atoms with E-state index in [1.807, 2.05) is 0 Å². The Bertz CT molecular complexity index is 688. The lowest BCUT2D eigenvalue weighted by Gasteiger charge is -2.19. The summed E-state index contributed by atoms with van der Waals surface area (Å²) in [5.74, 6) is -0.170. The molecule has 1 heterocycles. The molecule has 0 bridgehead atoms. The Hall–Kier alpha value is -2.02. The second-order valence-electron chi connectivity index (χ2n) is 5.38. The fourth-order valence-corrected chi connectivity index (χ4v) is 1.74. The Morgan fingerprint density at radius 3 is 2.67 bits per heavy atom. The van der Waals surface area contributed by atoms with Crippen LogP contribution in [-0.4, -0.2) is 33.0 Å². The maximum absolute atomic E-state index is 12.1. The maximum Gasteiger partial charge on any atom is 0.420 e. The monoisotopic (exact) mass is 308 g/mol. The Kier molecular flexibility index (Phi) is 4.22. The van der Waals surface area contributed by atoms with Gasteiger partial charge in [0.15, 0.2) is 0 Å². The van der Waals surface area contributed by atoms with Crippen LogP contribution in [0.4, 0.5) is 4.79 Å². The number of esters is 1. The van der Waals surface area contributed by atoms with Gasteiger partial charge in [-0.15, -0.1) is 0 Å². The number of fused-ring (bicyclic) bond motifs is 1. The van der Waals surface area contributed by atoms with Crippen LogP contribution < -0.4 is 4.74 Å². The highest BCUT2D eigenvalue weighted by molar-refractivity contribution is 7.81. The largest absolute Gasteiger partial charge is 0.443 e. The van der Waals surface area contributed by atoms with Crippen molar-refractivity contribution in [2.75, 3.05) is 5.75 Å². The highest BCUT2D eigenvalue weighted by Gasteiger charge is 2.19. The third-order valence-corrected chi connectivity index (χ3v) is 2.73. The molecule has 0 aliphatic rings. The number of benzene rings is 1. The van der Waals surface area contributed by atoms with Crippen LogP contribution in [0.2, 0.25) is 0 Å². The van der Waals surface area contributed by atoms with E-state index in [0.29, 0.717) is 16.8 Å². The van der Waals surface area contributed by atoms with Crippen molar-refractivity contribution in [1.82, 2.24) is 9.55 Å². The molecular weight excluding hydrogens is 292 g/mol. The molecule has 1 aromatic heterocycles. The smallest absolute Gasteiger partial charge is 0.420 e.